The van der Waals surface area contributed by atoms with E-state index in [1.165, 1.54) is 4.90 Å². The summed E-state index contributed by atoms with van der Waals surface area (Å²) >= 11 is 0. The lowest BCUT2D eigenvalue weighted by atomic mass is 9.97. The first-order valence-electron chi connectivity index (χ1n) is 7.00. The predicted octanol–water partition coefficient (Wildman–Crippen LogP) is 2.84. The molecule has 1 atom stereocenters. The molecule has 0 aromatic carbocycles. The van der Waals surface area contributed by atoms with Crippen molar-refractivity contribution in [1.29, 1.82) is 0 Å². The van der Waals surface area contributed by atoms with Crippen molar-refractivity contribution in [3.8, 4) is 12.3 Å². The Labute approximate surface area is 131 Å². The lowest BCUT2D eigenvalue weighted by Gasteiger charge is -2.44. The maximum absolute atomic E-state index is 13.5. The summed E-state index contributed by atoms with van der Waals surface area (Å²) in [5, 5.41) is 0. The van der Waals surface area contributed by atoms with E-state index in [2.05, 4.69) is 0 Å². The third kappa shape index (κ3) is 7.05. The van der Waals surface area contributed by atoms with Gasteiger partial charge in [0.05, 0.1) is 12.6 Å². The van der Waals surface area contributed by atoms with Crippen LogP contribution in [-0.2, 0) is 4.84 Å². The van der Waals surface area contributed by atoms with Gasteiger partial charge in [0, 0.05) is 17.5 Å². The van der Waals surface area contributed by atoms with Gasteiger partial charge in [-0.1, -0.05) is 5.92 Å². The van der Waals surface area contributed by atoms with Crippen LogP contribution in [-0.4, -0.2) is 40.6 Å². The van der Waals surface area contributed by atoms with E-state index in [1.54, 1.807) is 0 Å². The number of carbonyl (C=O) groups excluding carboxylic acids is 1. The number of terminal acetylenes is 1. The molecule has 0 aromatic rings. The summed E-state index contributed by atoms with van der Waals surface area (Å²) in [6.07, 6.45) is 3.37. The van der Waals surface area contributed by atoms with E-state index in [0.717, 1.165) is 0 Å². The summed E-state index contributed by atoms with van der Waals surface area (Å²) in [6.45, 7) is 10.1. The minimum Gasteiger partial charge on any atom is -0.354 e. The Balaban J connectivity index is 4.65. The van der Waals surface area contributed by atoms with Gasteiger partial charge in [-0.15, -0.1) is 11.9 Å². The highest BCUT2D eigenvalue weighted by Gasteiger charge is 2.38. The minimum absolute atomic E-state index is 0.532. The summed E-state index contributed by atoms with van der Waals surface area (Å²) in [7, 11) is 0. The van der Waals surface area contributed by atoms with E-state index in [-0.39, 0.29) is 0 Å². The first kappa shape index (κ1) is 20.6. The molecule has 1 amide bonds. The quantitative estimate of drug-likeness (QED) is 0.626. The number of nitrogens with one attached hydrogen (secondary N) is 2. The van der Waals surface area contributed by atoms with Crippen LogP contribution in [0.5, 0.6) is 0 Å². The molecule has 0 rings (SSSR count). The molecule has 0 bridgehead atoms. The fraction of sp³-hybridized carbons (Fsp3) is 0.800. The molecule has 1 unspecified atom stereocenters. The van der Waals surface area contributed by atoms with Crippen molar-refractivity contribution in [2.24, 2.45) is 0 Å². The summed E-state index contributed by atoms with van der Waals surface area (Å²) in [5.74, 6) is -1.31. The molecule has 127 valence electrons. The molecule has 0 aliphatic carbocycles. The van der Waals surface area contributed by atoms with Crippen LogP contribution in [0.15, 0.2) is 0 Å². The van der Waals surface area contributed by atoms with Gasteiger partial charge in [-0.25, -0.2) is 19.3 Å². The second kappa shape index (κ2) is 7.25. The van der Waals surface area contributed by atoms with E-state index in [0.29, 0.717) is 0 Å². The molecular weight excluding hydrogens is 292 g/mol. The lowest BCUT2D eigenvalue weighted by molar-refractivity contribution is -0.0577. The van der Waals surface area contributed by atoms with E-state index in [4.69, 9.17) is 17.0 Å². The molecule has 22 heavy (non-hydrogen) atoms. The molecule has 0 fully saturated rings. The molecular formula is C15H26F2N3O2. The Morgan fingerprint density at radius 1 is 1.27 bits per heavy atom. The number of hydroxylamine groups is 1. The van der Waals surface area contributed by atoms with Crippen molar-refractivity contribution in [3.05, 3.63) is 0 Å². The number of amides is 1. The van der Waals surface area contributed by atoms with Crippen molar-refractivity contribution in [1.82, 2.24) is 16.1 Å². The number of hydrogen-bond donors (Lipinski definition) is 1. The van der Waals surface area contributed by atoms with Gasteiger partial charge in [-0.3, -0.25) is 4.90 Å². The molecule has 1 radical (unpaired) electrons. The highest BCUT2D eigenvalue weighted by Crippen LogP contribution is 2.25. The van der Waals surface area contributed by atoms with Crippen LogP contribution in [0.3, 0.4) is 0 Å². The topological polar surface area (TPSA) is 65.4 Å². The van der Waals surface area contributed by atoms with Crippen LogP contribution in [0, 0.1) is 12.3 Å². The number of hydrogen-bond acceptors (Lipinski definition) is 3. The monoisotopic (exact) mass is 318 g/mol. The summed E-state index contributed by atoms with van der Waals surface area (Å²) < 4.78 is 27.0. The summed E-state index contributed by atoms with van der Waals surface area (Å²) in [5.41, 5.74) is 8.09. The van der Waals surface area contributed by atoms with Gasteiger partial charge in [-0.2, -0.15) is 0 Å². The van der Waals surface area contributed by atoms with Crippen LogP contribution in [0.25, 0.3) is 0 Å². The summed E-state index contributed by atoms with van der Waals surface area (Å²) in [4.78, 5) is 18.3. The van der Waals surface area contributed by atoms with Crippen LogP contribution in [0.2, 0.25) is 0 Å². The number of carbonyl (C=O) groups is 1. The molecule has 0 saturated heterocycles. The third-order valence-electron chi connectivity index (χ3n) is 2.72. The second-order valence-corrected chi connectivity index (χ2v) is 7.15. The Morgan fingerprint density at radius 2 is 1.73 bits per heavy atom. The average Bonchev–Trinajstić information content (AvgIpc) is 2.23. The Hall–Kier alpha value is -1.39. The van der Waals surface area contributed by atoms with Crippen molar-refractivity contribution < 1.29 is 18.4 Å². The van der Waals surface area contributed by atoms with Crippen LogP contribution < -0.4 is 11.2 Å². The Bertz CT molecular complexity index is 406. The second-order valence-electron chi connectivity index (χ2n) is 7.15. The van der Waals surface area contributed by atoms with Crippen LogP contribution in [0.4, 0.5) is 13.6 Å². The molecule has 5 nitrogen and oxygen atoms in total. The Kier molecular flexibility index (Phi) is 6.79. The highest BCUT2D eigenvalue weighted by atomic mass is 19.3. The molecule has 7 heteroatoms. The SMILES string of the molecule is C#CC([NH])CC(F)(F)CNOC(=O)N(C(C)(C)C)C(C)(C)C. The lowest BCUT2D eigenvalue weighted by Crippen LogP contribution is -2.57. The molecule has 0 aromatic heterocycles. The fourth-order valence-corrected chi connectivity index (χ4v) is 2.23. The third-order valence-corrected chi connectivity index (χ3v) is 2.72. The van der Waals surface area contributed by atoms with Crippen molar-refractivity contribution >= 4 is 6.09 Å². The van der Waals surface area contributed by atoms with Crippen molar-refractivity contribution in [2.75, 3.05) is 6.54 Å². The molecule has 0 heterocycles. The fourth-order valence-electron chi connectivity index (χ4n) is 2.23. The first-order valence-corrected chi connectivity index (χ1v) is 7.00. The smallest absolute Gasteiger partial charge is 0.354 e. The molecule has 2 N–H and O–H groups in total. The minimum atomic E-state index is -3.23. The van der Waals surface area contributed by atoms with Crippen LogP contribution >= 0.6 is 0 Å². The van der Waals surface area contributed by atoms with Gasteiger partial charge in [0.15, 0.2) is 0 Å². The normalized spacial score (nSPS) is 14.2. The zero-order valence-corrected chi connectivity index (χ0v) is 14.1. The van der Waals surface area contributed by atoms with Crippen molar-refractivity contribution in [2.45, 2.75) is 71.0 Å². The maximum Gasteiger partial charge on any atom is 0.429 e. The van der Waals surface area contributed by atoms with E-state index in [9.17, 15) is 13.6 Å². The van der Waals surface area contributed by atoms with Crippen LogP contribution in [0.1, 0.15) is 48.0 Å². The van der Waals surface area contributed by atoms with Gasteiger partial charge in [0.25, 0.3) is 5.92 Å². The number of alkyl halides is 2. The Morgan fingerprint density at radius 3 is 2.09 bits per heavy atom. The molecule has 0 spiro atoms. The van der Waals surface area contributed by atoms with Gasteiger partial charge in [0.2, 0.25) is 0 Å². The molecule has 0 aliphatic rings. The van der Waals surface area contributed by atoms with E-state index in [1.807, 2.05) is 52.9 Å². The van der Waals surface area contributed by atoms with E-state index >= 15 is 0 Å². The van der Waals surface area contributed by atoms with Gasteiger partial charge in [-0.05, 0) is 41.5 Å². The standard InChI is InChI=1S/C15H26F2N3O2/c1-8-11(18)9-15(16,17)10-19-22-12(21)20(13(2,3)4)14(5,6)7/h1,11,18-19H,9-10H2,2-7H3. The van der Waals surface area contributed by atoms with Gasteiger partial charge < -0.3 is 4.84 Å². The highest BCUT2D eigenvalue weighted by molar-refractivity contribution is 5.69. The largest absolute Gasteiger partial charge is 0.429 e. The molecule has 0 aliphatic heterocycles. The number of nitrogens with zero attached hydrogens (tertiary/aromatic N) is 1. The predicted molar refractivity (Wildman–Crippen MR) is 81.1 cm³/mol. The maximum atomic E-state index is 13.5. The average molecular weight is 318 g/mol. The zero-order valence-electron chi connectivity index (χ0n) is 14.1. The van der Waals surface area contributed by atoms with Gasteiger partial charge in [0.1, 0.15) is 0 Å². The van der Waals surface area contributed by atoms with E-state index < -0.39 is 42.1 Å². The number of halogens is 2. The first-order chi connectivity index (χ1) is 9.70. The number of rotatable bonds is 5. The van der Waals surface area contributed by atoms with Gasteiger partial charge >= 0.3 is 6.09 Å². The molecule has 0 saturated carbocycles. The van der Waals surface area contributed by atoms with Crippen molar-refractivity contribution in [3.63, 3.8) is 0 Å². The summed E-state index contributed by atoms with van der Waals surface area (Å²) in [6, 6.07) is -1.30. The zero-order chi connectivity index (χ0) is 17.8.